The van der Waals surface area contributed by atoms with Gasteiger partial charge in [-0.3, -0.25) is 9.59 Å². The largest absolute Gasteiger partial charge is 0.341 e. The lowest BCUT2D eigenvalue weighted by Crippen LogP contribution is -2.54. The van der Waals surface area contributed by atoms with Crippen LogP contribution in [0.15, 0.2) is 24.3 Å². The van der Waals surface area contributed by atoms with Crippen molar-refractivity contribution in [3.8, 4) is 0 Å². The number of hydrogen-bond acceptors (Lipinski definition) is 4. The van der Waals surface area contributed by atoms with Crippen molar-refractivity contribution in [1.82, 2.24) is 14.8 Å². The number of thiazole rings is 1. The van der Waals surface area contributed by atoms with Crippen LogP contribution in [0.2, 0.25) is 0 Å². The van der Waals surface area contributed by atoms with E-state index in [1.807, 2.05) is 22.8 Å². The van der Waals surface area contributed by atoms with E-state index < -0.39 is 0 Å². The summed E-state index contributed by atoms with van der Waals surface area (Å²) in [6.45, 7) is 4.14. The fraction of sp³-hybridized carbons (Fsp3) is 0.571. The van der Waals surface area contributed by atoms with Crippen LogP contribution >= 0.6 is 11.3 Å². The van der Waals surface area contributed by atoms with E-state index in [0.717, 1.165) is 57.3 Å². The molecule has 1 unspecified atom stereocenters. The Hall–Kier alpha value is -1.95. The number of aromatic nitrogens is 1. The number of piperidine rings is 2. The van der Waals surface area contributed by atoms with Crippen molar-refractivity contribution in [2.75, 3.05) is 19.6 Å². The zero-order valence-electron chi connectivity index (χ0n) is 15.9. The average molecular weight is 386 g/mol. The predicted molar refractivity (Wildman–Crippen MR) is 108 cm³/mol. The standard InChI is InChI=1S/C21H27N3O2S/c1-2-19(25)24-12-6-5-8-17(24)21(26)23-13-10-15(11-14-23)20-22-16-7-3-4-9-18(16)27-20/h3-4,7,9,15,17H,2,5-6,8,10-14H2,1H3. The highest BCUT2D eigenvalue weighted by Crippen LogP contribution is 2.34. The number of carbonyl (C=O) groups is 2. The number of likely N-dealkylation sites (tertiary alicyclic amines) is 2. The van der Waals surface area contributed by atoms with Crippen LogP contribution in [0, 0.1) is 0 Å². The lowest BCUT2D eigenvalue weighted by atomic mass is 9.95. The van der Waals surface area contributed by atoms with Gasteiger partial charge in [0.15, 0.2) is 0 Å². The summed E-state index contributed by atoms with van der Waals surface area (Å²) in [5.41, 5.74) is 1.08. The number of carbonyl (C=O) groups excluding carboxylic acids is 2. The molecule has 0 spiro atoms. The van der Waals surface area contributed by atoms with Crippen molar-refractivity contribution in [3.63, 3.8) is 0 Å². The molecule has 0 radical (unpaired) electrons. The number of nitrogens with zero attached hydrogens (tertiary/aromatic N) is 3. The third kappa shape index (κ3) is 3.72. The molecule has 0 bridgehead atoms. The molecule has 2 fully saturated rings. The molecule has 5 nitrogen and oxygen atoms in total. The Labute approximate surface area is 164 Å². The molecule has 2 aromatic rings. The van der Waals surface area contributed by atoms with E-state index in [-0.39, 0.29) is 17.9 Å². The minimum absolute atomic E-state index is 0.109. The maximum absolute atomic E-state index is 13.1. The highest BCUT2D eigenvalue weighted by molar-refractivity contribution is 7.18. The maximum Gasteiger partial charge on any atom is 0.245 e. The molecular formula is C21H27N3O2S. The van der Waals surface area contributed by atoms with Gasteiger partial charge in [0.05, 0.1) is 15.2 Å². The van der Waals surface area contributed by atoms with Crippen LogP contribution in [0.4, 0.5) is 0 Å². The van der Waals surface area contributed by atoms with E-state index in [0.29, 0.717) is 12.3 Å². The molecule has 6 heteroatoms. The molecule has 4 rings (SSSR count). The number of amides is 2. The number of para-hydroxylation sites is 1. The SMILES string of the molecule is CCC(=O)N1CCCCC1C(=O)N1CCC(c2nc3ccccc3s2)CC1. The van der Waals surface area contributed by atoms with Crippen LogP contribution < -0.4 is 0 Å². The molecule has 1 aromatic carbocycles. The van der Waals surface area contributed by atoms with Gasteiger partial charge in [0.25, 0.3) is 0 Å². The minimum atomic E-state index is -0.245. The van der Waals surface area contributed by atoms with Gasteiger partial charge >= 0.3 is 0 Å². The van der Waals surface area contributed by atoms with Gasteiger partial charge in [0.2, 0.25) is 11.8 Å². The summed E-state index contributed by atoms with van der Waals surface area (Å²) in [5.74, 6) is 0.697. The topological polar surface area (TPSA) is 53.5 Å². The Kier molecular flexibility index (Phi) is 5.43. The number of hydrogen-bond donors (Lipinski definition) is 0. The average Bonchev–Trinajstić information content (AvgIpc) is 3.17. The molecule has 1 atom stereocenters. The lowest BCUT2D eigenvalue weighted by Gasteiger charge is -2.39. The van der Waals surface area contributed by atoms with Crippen LogP contribution in [0.5, 0.6) is 0 Å². The first-order valence-corrected chi connectivity index (χ1v) is 10.9. The molecule has 2 aliphatic rings. The van der Waals surface area contributed by atoms with Gasteiger partial charge in [-0.15, -0.1) is 11.3 Å². The van der Waals surface area contributed by atoms with Crippen molar-refractivity contribution in [1.29, 1.82) is 0 Å². The molecule has 27 heavy (non-hydrogen) atoms. The number of benzene rings is 1. The van der Waals surface area contributed by atoms with E-state index in [1.165, 1.54) is 9.71 Å². The Morgan fingerprint density at radius 1 is 1.11 bits per heavy atom. The summed E-state index contributed by atoms with van der Waals surface area (Å²) < 4.78 is 1.24. The Bertz CT molecular complexity index is 793. The van der Waals surface area contributed by atoms with E-state index in [1.54, 1.807) is 11.3 Å². The van der Waals surface area contributed by atoms with Gasteiger partial charge in [-0.1, -0.05) is 19.1 Å². The fourth-order valence-electron chi connectivity index (χ4n) is 4.31. The summed E-state index contributed by atoms with van der Waals surface area (Å²) in [7, 11) is 0. The number of rotatable bonds is 3. The van der Waals surface area contributed by atoms with Crippen molar-refractivity contribution < 1.29 is 9.59 Å². The van der Waals surface area contributed by atoms with Crippen molar-refractivity contribution in [2.24, 2.45) is 0 Å². The smallest absolute Gasteiger partial charge is 0.245 e. The van der Waals surface area contributed by atoms with Gasteiger partial charge in [0, 0.05) is 32.0 Å². The van der Waals surface area contributed by atoms with E-state index in [2.05, 4.69) is 18.2 Å². The molecule has 2 amide bonds. The van der Waals surface area contributed by atoms with Crippen LogP contribution in [0.3, 0.4) is 0 Å². The molecule has 3 heterocycles. The van der Waals surface area contributed by atoms with Crippen LogP contribution in [0.1, 0.15) is 56.4 Å². The van der Waals surface area contributed by atoms with Gasteiger partial charge in [-0.2, -0.15) is 0 Å². The lowest BCUT2D eigenvalue weighted by molar-refractivity contribution is -0.148. The summed E-state index contributed by atoms with van der Waals surface area (Å²) in [5, 5.41) is 1.20. The summed E-state index contributed by atoms with van der Waals surface area (Å²) in [6.07, 6.45) is 5.24. The van der Waals surface area contributed by atoms with Crippen LogP contribution in [-0.2, 0) is 9.59 Å². The summed E-state index contributed by atoms with van der Waals surface area (Å²) in [4.78, 5) is 33.9. The zero-order valence-corrected chi connectivity index (χ0v) is 16.7. The Morgan fingerprint density at radius 3 is 2.63 bits per heavy atom. The maximum atomic E-state index is 13.1. The fourth-order valence-corrected chi connectivity index (χ4v) is 5.45. The van der Waals surface area contributed by atoms with Crippen LogP contribution in [0.25, 0.3) is 10.2 Å². The zero-order chi connectivity index (χ0) is 18.8. The van der Waals surface area contributed by atoms with Crippen LogP contribution in [-0.4, -0.2) is 52.3 Å². The number of fused-ring (bicyclic) bond motifs is 1. The first-order valence-electron chi connectivity index (χ1n) is 10.1. The molecule has 0 N–H and O–H groups in total. The summed E-state index contributed by atoms with van der Waals surface area (Å²) in [6, 6.07) is 8.03. The highest BCUT2D eigenvalue weighted by atomic mass is 32.1. The summed E-state index contributed by atoms with van der Waals surface area (Å²) >= 11 is 1.78. The van der Waals surface area contributed by atoms with Crippen molar-refractivity contribution in [2.45, 2.75) is 57.4 Å². The highest BCUT2D eigenvalue weighted by Gasteiger charge is 2.35. The normalized spacial score (nSPS) is 21.6. The second-order valence-electron chi connectivity index (χ2n) is 7.57. The molecular weight excluding hydrogens is 358 g/mol. The van der Waals surface area contributed by atoms with E-state index >= 15 is 0 Å². The molecule has 0 saturated carbocycles. The first-order chi connectivity index (χ1) is 13.2. The van der Waals surface area contributed by atoms with Gasteiger partial charge < -0.3 is 9.80 Å². The third-order valence-corrected chi connectivity index (χ3v) is 7.08. The first kappa shape index (κ1) is 18.4. The Morgan fingerprint density at radius 2 is 1.89 bits per heavy atom. The molecule has 144 valence electrons. The molecule has 2 aliphatic heterocycles. The van der Waals surface area contributed by atoms with E-state index in [4.69, 9.17) is 4.98 Å². The van der Waals surface area contributed by atoms with Crippen molar-refractivity contribution in [3.05, 3.63) is 29.3 Å². The predicted octanol–water partition coefficient (Wildman–Crippen LogP) is 3.79. The van der Waals surface area contributed by atoms with Gasteiger partial charge in [0.1, 0.15) is 6.04 Å². The second-order valence-corrected chi connectivity index (χ2v) is 8.63. The second kappa shape index (κ2) is 7.97. The monoisotopic (exact) mass is 385 g/mol. The quantitative estimate of drug-likeness (QED) is 0.808. The van der Waals surface area contributed by atoms with Crippen molar-refractivity contribution >= 4 is 33.4 Å². The van der Waals surface area contributed by atoms with E-state index in [9.17, 15) is 9.59 Å². The molecule has 0 aliphatic carbocycles. The Balaban J connectivity index is 1.40. The molecule has 2 saturated heterocycles. The minimum Gasteiger partial charge on any atom is -0.341 e. The molecule has 1 aromatic heterocycles. The third-order valence-electron chi connectivity index (χ3n) is 5.88. The van der Waals surface area contributed by atoms with Gasteiger partial charge in [-0.05, 0) is 44.2 Å². The van der Waals surface area contributed by atoms with Gasteiger partial charge in [-0.25, -0.2) is 4.98 Å².